The highest BCUT2D eigenvalue weighted by Gasteiger charge is 2.31. The van der Waals surface area contributed by atoms with E-state index < -0.39 is 0 Å². The maximum Gasteiger partial charge on any atom is 0.230 e. The summed E-state index contributed by atoms with van der Waals surface area (Å²) in [6, 6.07) is 7.32. The van der Waals surface area contributed by atoms with Crippen LogP contribution >= 0.6 is 0 Å². The van der Waals surface area contributed by atoms with Crippen LogP contribution in [0.15, 0.2) is 22.6 Å². The molecule has 1 aliphatic heterocycles. The van der Waals surface area contributed by atoms with E-state index in [2.05, 4.69) is 47.1 Å². The summed E-state index contributed by atoms with van der Waals surface area (Å²) in [5.41, 5.74) is 4.15. The largest absolute Gasteiger partial charge is 0.424 e. The van der Waals surface area contributed by atoms with E-state index in [0.717, 1.165) is 24.9 Å². The molecule has 4 heteroatoms. The molecule has 1 saturated heterocycles. The Hall–Kier alpha value is -1.68. The second-order valence-corrected chi connectivity index (χ2v) is 6.78. The molecular weight excluding hydrogens is 274 g/mol. The van der Waals surface area contributed by atoms with Gasteiger partial charge in [0.15, 0.2) is 0 Å². The van der Waals surface area contributed by atoms with Crippen molar-refractivity contribution in [3.8, 4) is 0 Å². The molecule has 1 aromatic heterocycles. The van der Waals surface area contributed by atoms with E-state index >= 15 is 0 Å². The predicted molar refractivity (Wildman–Crippen MR) is 84.6 cm³/mol. The van der Waals surface area contributed by atoms with Crippen molar-refractivity contribution in [2.45, 2.75) is 58.0 Å². The van der Waals surface area contributed by atoms with Crippen molar-refractivity contribution >= 4 is 0 Å². The van der Waals surface area contributed by atoms with Crippen LogP contribution in [0.5, 0.6) is 0 Å². The average molecular weight is 297 g/mol. The molecule has 0 amide bonds. The zero-order valence-corrected chi connectivity index (χ0v) is 13.4. The van der Waals surface area contributed by atoms with Gasteiger partial charge in [0.1, 0.15) is 0 Å². The van der Waals surface area contributed by atoms with Crippen molar-refractivity contribution in [1.29, 1.82) is 0 Å². The minimum Gasteiger partial charge on any atom is -0.424 e. The Morgan fingerprint density at radius 3 is 2.77 bits per heavy atom. The monoisotopic (exact) mass is 297 g/mol. The second-order valence-electron chi connectivity index (χ2n) is 6.78. The lowest BCUT2D eigenvalue weighted by Gasteiger charge is -2.23. The van der Waals surface area contributed by atoms with Gasteiger partial charge in [0.25, 0.3) is 0 Å². The van der Waals surface area contributed by atoms with Gasteiger partial charge in [-0.2, -0.15) is 0 Å². The summed E-state index contributed by atoms with van der Waals surface area (Å²) in [7, 11) is 0. The van der Waals surface area contributed by atoms with E-state index in [0.29, 0.717) is 12.0 Å². The maximum atomic E-state index is 5.83. The van der Waals surface area contributed by atoms with Gasteiger partial charge >= 0.3 is 0 Å². The third kappa shape index (κ3) is 2.68. The zero-order valence-electron chi connectivity index (χ0n) is 13.4. The Kier molecular flexibility index (Phi) is 3.49. The van der Waals surface area contributed by atoms with Crippen molar-refractivity contribution in [3.05, 3.63) is 46.7 Å². The van der Waals surface area contributed by atoms with Crippen LogP contribution in [0, 0.1) is 13.8 Å². The van der Waals surface area contributed by atoms with Crippen LogP contribution in [-0.2, 0) is 6.54 Å². The molecule has 22 heavy (non-hydrogen) atoms. The number of aromatic nitrogens is 2. The molecule has 1 aromatic carbocycles. The second kappa shape index (κ2) is 5.51. The lowest BCUT2D eigenvalue weighted by molar-refractivity contribution is 0.221. The lowest BCUT2D eigenvalue weighted by atomic mass is 9.99. The maximum absolute atomic E-state index is 5.83. The minimum absolute atomic E-state index is 0.482. The fraction of sp³-hybridized carbons (Fsp3) is 0.556. The van der Waals surface area contributed by atoms with E-state index in [-0.39, 0.29) is 0 Å². The molecule has 2 aliphatic rings. The summed E-state index contributed by atoms with van der Waals surface area (Å²) < 4.78 is 5.83. The molecule has 2 aromatic rings. The van der Waals surface area contributed by atoms with Crippen LogP contribution in [0.2, 0.25) is 0 Å². The number of benzene rings is 1. The first-order valence-corrected chi connectivity index (χ1v) is 8.34. The van der Waals surface area contributed by atoms with E-state index in [1.807, 2.05) is 0 Å². The number of nitrogens with zero attached hydrogens (tertiary/aromatic N) is 3. The van der Waals surface area contributed by atoms with Gasteiger partial charge in [0.05, 0.1) is 6.54 Å². The first-order valence-electron chi connectivity index (χ1n) is 8.34. The normalized spacial score (nSPS) is 22.4. The highest BCUT2D eigenvalue weighted by Crippen LogP contribution is 2.39. The summed E-state index contributed by atoms with van der Waals surface area (Å²) in [5.74, 6) is 2.16. The van der Waals surface area contributed by atoms with Gasteiger partial charge in [-0.3, -0.25) is 4.90 Å². The molecule has 1 atom stereocenters. The smallest absolute Gasteiger partial charge is 0.230 e. The number of rotatable bonds is 4. The summed E-state index contributed by atoms with van der Waals surface area (Å²) >= 11 is 0. The van der Waals surface area contributed by atoms with Crippen LogP contribution in [0.3, 0.4) is 0 Å². The SMILES string of the molecule is Cc1ccc(C2CCCN2Cc2nnc(C3CC3)o2)cc1C. The quantitative estimate of drug-likeness (QED) is 0.858. The van der Waals surface area contributed by atoms with Crippen LogP contribution in [0.25, 0.3) is 0 Å². The van der Waals surface area contributed by atoms with Crippen LogP contribution in [0.1, 0.15) is 66.1 Å². The van der Waals surface area contributed by atoms with E-state index in [1.165, 1.54) is 42.4 Å². The molecule has 0 radical (unpaired) electrons. The topological polar surface area (TPSA) is 42.2 Å². The molecule has 0 N–H and O–H groups in total. The number of hydrogen-bond donors (Lipinski definition) is 0. The fourth-order valence-corrected chi connectivity index (χ4v) is 3.36. The fourth-order valence-electron chi connectivity index (χ4n) is 3.36. The Morgan fingerprint density at radius 1 is 1.14 bits per heavy atom. The molecule has 4 nitrogen and oxygen atoms in total. The minimum atomic E-state index is 0.482. The van der Waals surface area contributed by atoms with Crippen molar-refractivity contribution < 1.29 is 4.42 Å². The third-order valence-electron chi connectivity index (χ3n) is 5.03. The summed E-state index contributed by atoms with van der Waals surface area (Å²) in [6.45, 7) is 6.25. The van der Waals surface area contributed by atoms with E-state index in [9.17, 15) is 0 Å². The summed E-state index contributed by atoms with van der Waals surface area (Å²) in [6.07, 6.45) is 4.86. The van der Waals surface area contributed by atoms with Crippen molar-refractivity contribution in [2.75, 3.05) is 6.54 Å². The van der Waals surface area contributed by atoms with Gasteiger partial charge < -0.3 is 4.42 Å². The Bertz CT molecular complexity index is 675. The lowest BCUT2D eigenvalue weighted by Crippen LogP contribution is -2.23. The Balaban J connectivity index is 1.51. The van der Waals surface area contributed by atoms with Crippen molar-refractivity contribution in [1.82, 2.24) is 15.1 Å². The zero-order chi connectivity index (χ0) is 15.1. The molecule has 2 fully saturated rings. The number of aryl methyl sites for hydroxylation is 2. The first kappa shape index (κ1) is 13.9. The van der Waals surface area contributed by atoms with Gasteiger partial charge in [0.2, 0.25) is 11.8 Å². The molecule has 116 valence electrons. The highest BCUT2D eigenvalue weighted by atomic mass is 16.4. The molecule has 1 aliphatic carbocycles. The van der Waals surface area contributed by atoms with E-state index in [4.69, 9.17) is 4.42 Å². The predicted octanol–water partition coefficient (Wildman–Crippen LogP) is 3.90. The van der Waals surface area contributed by atoms with Gasteiger partial charge in [-0.15, -0.1) is 10.2 Å². The Morgan fingerprint density at radius 2 is 2.00 bits per heavy atom. The highest BCUT2D eigenvalue weighted by molar-refractivity contribution is 5.32. The third-order valence-corrected chi connectivity index (χ3v) is 5.03. The number of hydrogen-bond acceptors (Lipinski definition) is 4. The molecule has 0 bridgehead atoms. The van der Waals surface area contributed by atoms with Gasteiger partial charge in [0, 0.05) is 12.0 Å². The van der Waals surface area contributed by atoms with Crippen LogP contribution < -0.4 is 0 Å². The van der Waals surface area contributed by atoms with E-state index in [1.54, 1.807) is 0 Å². The summed E-state index contributed by atoms with van der Waals surface area (Å²) in [4.78, 5) is 2.48. The molecule has 4 rings (SSSR count). The van der Waals surface area contributed by atoms with Gasteiger partial charge in [-0.25, -0.2) is 0 Å². The molecular formula is C18H23N3O. The van der Waals surface area contributed by atoms with Crippen molar-refractivity contribution in [2.24, 2.45) is 0 Å². The molecule has 1 saturated carbocycles. The average Bonchev–Trinajstić information content (AvgIpc) is 3.08. The molecule has 0 spiro atoms. The van der Waals surface area contributed by atoms with Crippen LogP contribution in [0.4, 0.5) is 0 Å². The molecule has 1 unspecified atom stereocenters. The van der Waals surface area contributed by atoms with Crippen molar-refractivity contribution in [3.63, 3.8) is 0 Å². The Labute approximate surface area is 131 Å². The first-order chi connectivity index (χ1) is 10.7. The standard InChI is InChI=1S/C18H23N3O/c1-12-5-6-15(10-13(12)2)16-4-3-9-21(16)11-17-19-20-18(22-17)14-7-8-14/h5-6,10,14,16H,3-4,7-9,11H2,1-2H3. The van der Waals surface area contributed by atoms with Crippen LogP contribution in [-0.4, -0.2) is 21.6 Å². The molecule has 2 heterocycles. The van der Waals surface area contributed by atoms with Gasteiger partial charge in [-0.1, -0.05) is 18.2 Å². The van der Waals surface area contributed by atoms with Gasteiger partial charge in [-0.05, 0) is 62.8 Å². The number of likely N-dealkylation sites (tertiary alicyclic amines) is 1. The summed E-state index contributed by atoms with van der Waals surface area (Å²) in [5, 5.41) is 8.44.